The number of hydrogen-bond donors (Lipinski definition) is 1. The van der Waals surface area contributed by atoms with Gasteiger partial charge in [-0.1, -0.05) is 90.5 Å². The summed E-state index contributed by atoms with van der Waals surface area (Å²) in [6.45, 7) is -0.931. The molecule has 0 aliphatic carbocycles. The number of alkyl halides is 6. The van der Waals surface area contributed by atoms with Gasteiger partial charge in [0.1, 0.15) is 5.15 Å². The summed E-state index contributed by atoms with van der Waals surface area (Å²) in [4.78, 5) is 35.3. The molecule has 0 saturated carbocycles. The van der Waals surface area contributed by atoms with Crippen molar-refractivity contribution in [3.05, 3.63) is 167 Å². The van der Waals surface area contributed by atoms with Crippen LogP contribution in [0.5, 0.6) is 0 Å². The number of carbonyl (C=O) groups excluding carboxylic acids is 2. The first kappa shape index (κ1) is 53.1. The fourth-order valence-corrected chi connectivity index (χ4v) is 13.3. The van der Waals surface area contributed by atoms with Gasteiger partial charge in [0.25, 0.3) is 15.9 Å². The van der Waals surface area contributed by atoms with Crippen LogP contribution < -0.4 is 4.72 Å². The number of sulfonamides is 3. The van der Waals surface area contributed by atoms with Crippen LogP contribution in [-0.4, -0.2) is 94.1 Å². The summed E-state index contributed by atoms with van der Waals surface area (Å²) in [6.07, 6.45) is -9.87. The highest BCUT2D eigenvalue weighted by atomic mass is 35.5. The minimum Gasteiger partial charge on any atom is -0.348 e. The molecule has 6 aromatic rings. The topological polar surface area (TPSA) is 180 Å². The number of benzene rings is 5. The third-order valence-corrected chi connectivity index (χ3v) is 17.7. The van der Waals surface area contributed by atoms with E-state index >= 15 is 0 Å². The van der Waals surface area contributed by atoms with Gasteiger partial charge in [-0.25, -0.2) is 39.8 Å². The molecule has 0 bridgehead atoms. The molecule has 2 fully saturated rings. The highest BCUT2D eigenvalue weighted by molar-refractivity contribution is 7.90. The molecule has 5 aromatic carbocycles. The fraction of sp³-hybridized carbons (Fsp3) is 0.245. The van der Waals surface area contributed by atoms with E-state index in [0.717, 1.165) is 46.8 Å². The standard InChI is InChI=1S/C49H42ClF6N5O9S3/c50-45-19-16-37(31-57-45)46(62)59-24-22-39(23-25-59)61(73(68,69)44-18-15-35(30-42(44)49(54,55)56)33-10-5-2-6-11-33)70-47(63)36-12-7-13-40(28-36)72(66,67)60-26-20-38(21-27-60)58-71(64,65)43-17-14-34(29-41(43)48(51,52)53)32-8-3-1-4-9-32/h1-19,28-31,38-39,58H,20-27H2. The van der Waals surface area contributed by atoms with Crippen LogP contribution in [0.2, 0.25) is 5.15 Å². The number of aromatic nitrogens is 1. The molecular formula is C49H42ClF6N5O9S3. The van der Waals surface area contributed by atoms with Crippen molar-refractivity contribution in [1.82, 2.24) is 23.4 Å². The maximum atomic E-state index is 14.8. The smallest absolute Gasteiger partial charge is 0.348 e. The lowest BCUT2D eigenvalue weighted by molar-refractivity contribution is -0.140. The van der Waals surface area contributed by atoms with E-state index in [9.17, 15) is 61.2 Å². The number of amides is 1. The highest BCUT2D eigenvalue weighted by Crippen LogP contribution is 2.40. The summed E-state index contributed by atoms with van der Waals surface area (Å²) in [7, 11) is -14.7. The Balaban J connectivity index is 1.02. The lowest BCUT2D eigenvalue weighted by atomic mass is 10.0. The molecule has 0 spiro atoms. The molecule has 2 saturated heterocycles. The Morgan fingerprint density at radius 1 is 0.616 bits per heavy atom. The molecule has 24 heteroatoms. The van der Waals surface area contributed by atoms with Crippen LogP contribution >= 0.6 is 11.6 Å². The van der Waals surface area contributed by atoms with E-state index in [2.05, 4.69) is 9.71 Å². The van der Waals surface area contributed by atoms with Gasteiger partial charge in [0, 0.05) is 38.4 Å². The van der Waals surface area contributed by atoms with Gasteiger partial charge in [-0.2, -0.15) is 30.6 Å². The molecule has 2 aliphatic rings. The Morgan fingerprint density at radius 2 is 1.16 bits per heavy atom. The molecular weight excluding hydrogens is 1050 g/mol. The summed E-state index contributed by atoms with van der Waals surface area (Å²) in [5, 5.41) is 0.123. The second-order valence-corrected chi connectivity index (χ2v) is 22.8. The number of halogens is 7. The van der Waals surface area contributed by atoms with Gasteiger partial charge in [0.05, 0.1) is 43.0 Å². The number of hydroxylamine groups is 1. The number of nitrogens with zero attached hydrogens (tertiary/aromatic N) is 4. The van der Waals surface area contributed by atoms with Crippen LogP contribution in [0.4, 0.5) is 26.3 Å². The van der Waals surface area contributed by atoms with E-state index in [-0.39, 0.29) is 78.2 Å². The van der Waals surface area contributed by atoms with Gasteiger partial charge in [-0.15, -0.1) is 0 Å². The Hall–Kier alpha value is -6.21. The highest BCUT2D eigenvalue weighted by Gasteiger charge is 2.45. The SMILES string of the molecule is O=C(ON(C1CCN(C(=O)c2ccc(Cl)nc2)CC1)S(=O)(=O)c1ccc(-c2ccccc2)cc1C(F)(F)F)c1cccc(S(=O)(=O)N2CCC(NS(=O)(=O)c3ccc(-c4ccccc4)cc3C(F)(F)F)CC2)c1. The summed E-state index contributed by atoms with van der Waals surface area (Å²) >= 11 is 5.86. The first-order valence-corrected chi connectivity index (χ1v) is 27.0. The molecule has 1 aromatic heterocycles. The average molecular weight is 1090 g/mol. The molecule has 0 unspecified atom stereocenters. The largest absolute Gasteiger partial charge is 0.417 e. The van der Waals surface area contributed by atoms with Crippen LogP contribution in [0.3, 0.4) is 0 Å². The molecule has 1 amide bonds. The molecule has 73 heavy (non-hydrogen) atoms. The van der Waals surface area contributed by atoms with Gasteiger partial charge in [-0.3, -0.25) is 4.79 Å². The number of piperidine rings is 2. The molecule has 2 aliphatic heterocycles. The summed E-state index contributed by atoms with van der Waals surface area (Å²) < 4.78 is 175. The van der Waals surface area contributed by atoms with Crippen LogP contribution in [0, 0.1) is 0 Å². The van der Waals surface area contributed by atoms with Gasteiger partial charge in [0.15, 0.2) is 0 Å². The zero-order valence-corrected chi connectivity index (χ0v) is 41.1. The Morgan fingerprint density at radius 3 is 1.70 bits per heavy atom. The van der Waals surface area contributed by atoms with Crippen molar-refractivity contribution in [3.8, 4) is 22.3 Å². The first-order valence-electron chi connectivity index (χ1n) is 22.3. The van der Waals surface area contributed by atoms with Crippen molar-refractivity contribution < 1.29 is 66.0 Å². The van der Waals surface area contributed by atoms with E-state index in [1.54, 1.807) is 48.5 Å². The van der Waals surface area contributed by atoms with Crippen molar-refractivity contribution >= 4 is 53.5 Å². The molecule has 0 radical (unpaired) electrons. The van der Waals surface area contributed by atoms with Crippen molar-refractivity contribution in [2.24, 2.45) is 0 Å². The van der Waals surface area contributed by atoms with Gasteiger partial charge in [-0.05, 0) is 107 Å². The molecule has 14 nitrogen and oxygen atoms in total. The van der Waals surface area contributed by atoms with Crippen LogP contribution in [-0.2, 0) is 47.3 Å². The van der Waals surface area contributed by atoms with E-state index in [1.165, 1.54) is 47.5 Å². The second-order valence-electron chi connectivity index (χ2n) is 17.0. The number of nitrogens with one attached hydrogen (secondary N) is 1. The van der Waals surface area contributed by atoms with Gasteiger partial charge < -0.3 is 9.74 Å². The predicted molar refractivity (Wildman–Crippen MR) is 255 cm³/mol. The number of hydrogen-bond acceptors (Lipinski definition) is 10. The lowest BCUT2D eigenvalue weighted by Gasteiger charge is -2.36. The maximum absolute atomic E-state index is 14.8. The van der Waals surface area contributed by atoms with Crippen molar-refractivity contribution in [3.63, 3.8) is 0 Å². The minimum atomic E-state index is -5.42. The zero-order chi connectivity index (χ0) is 52.5. The van der Waals surface area contributed by atoms with Crippen LogP contribution in [0.15, 0.2) is 154 Å². The zero-order valence-electron chi connectivity index (χ0n) is 37.9. The lowest BCUT2D eigenvalue weighted by Crippen LogP contribution is -2.49. The number of pyridine rings is 1. The number of rotatable bonds is 13. The van der Waals surface area contributed by atoms with E-state index in [0.29, 0.717) is 17.2 Å². The Kier molecular flexibility index (Phi) is 15.2. The summed E-state index contributed by atoms with van der Waals surface area (Å²) in [5.74, 6) is -1.97. The average Bonchev–Trinajstić information content (AvgIpc) is 3.37. The number of likely N-dealkylation sites (tertiary alicyclic amines) is 1. The molecule has 384 valence electrons. The number of carbonyl (C=O) groups is 2. The van der Waals surface area contributed by atoms with Crippen LogP contribution in [0.25, 0.3) is 22.3 Å². The maximum Gasteiger partial charge on any atom is 0.417 e. The first-order chi connectivity index (χ1) is 34.4. The van der Waals surface area contributed by atoms with Crippen molar-refractivity contribution in [1.29, 1.82) is 0 Å². The molecule has 1 N–H and O–H groups in total. The monoisotopic (exact) mass is 1090 g/mol. The molecule has 3 heterocycles. The molecule has 0 atom stereocenters. The van der Waals surface area contributed by atoms with Crippen LogP contribution in [0.1, 0.15) is 57.5 Å². The van der Waals surface area contributed by atoms with Gasteiger partial charge in [0.2, 0.25) is 20.0 Å². The third-order valence-electron chi connectivity index (χ3n) is 12.3. The van der Waals surface area contributed by atoms with Crippen molar-refractivity contribution in [2.45, 2.75) is 64.8 Å². The van der Waals surface area contributed by atoms with E-state index in [1.807, 2.05) is 0 Å². The van der Waals surface area contributed by atoms with E-state index in [4.69, 9.17) is 16.4 Å². The summed E-state index contributed by atoms with van der Waals surface area (Å²) in [6, 6.07) is 26.0. The van der Waals surface area contributed by atoms with Gasteiger partial charge >= 0.3 is 18.3 Å². The minimum absolute atomic E-state index is 0.0343. The normalized spacial score (nSPS) is 15.9. The van der Waals surface area contributed by atoms with E-state index < -0.39 is 97.8 Å². The second kappa shape index (κ2) is 21.0. The Labute approximate surface area is 421 Å². The Bertz CT molecular complexity index is 3360. The third kappa shape index (κ3) is 11.8. The quantitative estimate of drug-likeness (QED) is 0.0665. The van der Waals surface area contributed by atoms with Crippen molar-refractivity contribution in [2.75, 3.05) is 26.2 Å². The summed E-state index contributed by atoms with van der Waals surface area (Å²) in [5.41, 5.74) is -2.39. The predicted octanol–water partition coefficient (Wildman–Crippen LogP) is 9.31. The molecule has 8 rings (SSSR count). The fourth-order valence-electron chi connectivity index (χ4n) is 8.53.